The predicted molar refractivity (Wildman–Crippen MR) is 111 cm³/mol. The van der Waals surface area contributed by atoms with Gasteiger partial charge in [0.15, 0.2) is 5.96 Å². The minimum Gasteiger partial charge on any atom is -0.357 e. The number of aliphatic imine (C=N–C) groups is 1. The van der Waals surface area contributed by atoms with E-state index in [0.29, 0.717) is 0 Å². The first-order valence-corrected chi connectivity index (χ1v) is 8.96. The van der Waals surface area contributed by atoms with Gasteiger partial charge in [0.05, 0.1) is 0 Å². The van der Waals surface area contributed by atoms with Gasteiger partial charge in [-0.15, -0.1) is 24.0 Å². The van der Waals surface area contributed by atoms with Gasteiger partial charge in [0.2, 0.25) is 0 Å². The highest BCUT2D eigenvalue weighted by atomic mass is 127. The van der Waals surface area contributed by atoms with Crippen LogP contribution >= 0.6 is 24.0 Å². The Balaban J connectivity index is 0.00000288. The van der Waals surface area contributed by atoms with Crippen LogP contribution in [0.2, 0.25) is 0 Å². The number of piperidine rings is 1. The Morgan fingerprint density at radius 1 is 1.29 bits per heavy atom. The van der Waals surface area contributed by atoms with E-state index in [9.17, 15) is 0 Å². The summed E-state index contributed by atoms with van der Waals surface area (Å²) < 4.78 is 1.95. The standard InChI is InChI=1S/C17H32N6.HI/c1-3-18-17(19-9-4-12-23-13-5-10-21-23)20-11-6-16-7-14-22(2)15-8-16;/h5,10,13,16H,3-4,6-9,11-12,14-15H2,1-2H3,(H2,18,19,20);1H. The number of rotatable bonds is 8. The predicted octanol–water partition coefficient (Wildman–Crippen LogP) is 2.18. The minimum absolute atomic E-state index is 0. The van der Waals surface area contributed by atoms with E-state index in [1.165, 1.54) is 32.4 Å². The monoisotopic (exact) mass is 448 g/mol. The van der Waals surface area contributed by atoms with Crippen LogP contribution in [-0.4, -0.2) is 60.4 Å². The molecule has 0 spiro atoms. The Bertz CT molecular complexity index is 440. The molecule has 0 bridgehead atoms. The van der Waals surface area contributed by atoms with Gasteiger partial charge in [0.1, 0.15) is 0 Å². The van der Waals surface area contributed by atoms with E-state index in [1.54, 1.807) is 0 Å². The van der Waals surface area contributed by atoms with Crippen LogP contribution in [0.15, 0.2) is 23.5 Å². The normalized spacial score (nSPS) is 16.7. The maximum Gasteiger partial charge on any atom is 0.191 e. The molecule has 2 N–H and O–H groups in total. The van der Waals surface area contributed by atoms with E-state index in [1.807, 2.05) is 23.1 Å². The van der Waals surface area contributed by atoms with Crippen LogP contribution in [0, 0.1) is 5.92 Å². The third kappa shape index (κ3) is 8.32. The van der Waals surface area contributed by atoms with Crippen molar-refractivity contribution in [2.45, 2.75) is 39.2 Å². The summed E-state index contributed by atoms with van der Waals surface area (Å²) in [5.41, 5.74) is 0. The van der Waals surface area contributed by atoms with Crippen molar-refractivity contribution in [3.05, 3.63) is 18.5 Å². The first-order valence-electron chi connectivity index (χ1n) is 8.96. The zero-order chi connectivity index (χ0) is 16.3. The van der Waals surface area contributed by atoms with Gasteiger partial charge in [-0.25, -0.2) is 0 Å². The van der Waals surface area contributed by atoms with Gasteiger partial charge in [0.25, 0.3) is 0 Å². The zero-order valence-electron chi connectivity index (χ0n) is 15.1. The lowest BCUT2D eigenvalue weighted by Crippen LogP contribution is -2.39. The molecule has 1 aliphatic heterocycles. The molecule has 138 valence electrons. The summed E-state index contributed by atoms with van der Waals surface area (Å²) in [6.07, 6.45) is 8.72. The minimum atomic E-state index is 0. The van der Waals surface area contributed by atoms with E-state index in [2.05, 4.69) is 39.6 Å². The Kier molecular flexibility index (Phi) is 11.1. The van der Waals surface area contributed by atoms with Gasteiger partial charge in [-0.2, -0.15) is 5.10 Å². The molecule has 7 heteroatoms. The second kappa shape index (κ2) is 12.5. The van der Waals surface area contributed by atoms with E-state index in [-0.39, 0.29) is 24.0 Å². The average molecular weight is 448 g/mol. The summed E-state index contributed by atoms with van der Waals surface area (Å²) in [5, 5.41) is 11.0. The van der Waals surface area contributed by atoms with Crippen molar-refractivity contribution in [1.82, 2.24) is 25.3 Å². The molecule has 1 aromatic rings. The van der Waals surface area contributed by atoms with Crippen LogP contribution in [-0.2, 0) is 6.54 Å². The molecule has 1 saturated heterocycles. The number of nitrogens with one attached hydrogen (secondary N) is 2. The van der Waals surface area contributed by atoms with Crippen molar-refractivity contribution < 1.29 is 0 Å². The van der Waals surface area contributed by atoms with Gasteiger partial charge in [-0.3, -0.25) is 9.67 Å². The molecule has 1 aliphatic rings. The first-order chi connectivity index (χ1) is 11.3. The molecule has 0 radical (unpaired) electrons. The Morgan fingerprint density at radius 3 is 2.75 bits per heavy atom. The Morgan fingerprint density at radius 2 is 2.08 bits per heavy atom. The lowest BCUT2D eigenvalue weighted by molar-refractivity contribution is 0.213. The number of likely N-dealkylation sites (tertiary alicyclic amines) is 1. The van der Waals surface area contributed by atoms with Crippen molar-refractivity contribution in [2.24, 2.45) is 10.9 Å². The zero-order valence-corrected chi connectivity index (χ0v) is 17.4. The van der Waals surface area contributed by atoms with Gasteiger partial charge in [0, 0.05) is 38.6 Å². The SMILES string of the molecule is CCNC(=NCCCn1cccn1)NCCC1CCN(C)CC1.I. The number of aromatic nitrogens is 2. The molecule has 0 amide bonds. The third-order valence-electron chi connectivity index (χ3n) is 4.40. The van der Waals surface area contributed by atoms with E-state index in [0.717, 1.165) is 44.5 Å². The Labute approximate surface area is 163 Å². The molecule has 0 saturated carbocycles. The quantitative estimate of drug-likeness (QED) is 0.277. The lowest BCUT2D eigenvalue weighted by atomic mass is 9.94. The van der Waals surface area contributed by atoms with Crippen molar-refractivity contribution >= 4 is 29.9 Å². The second-order valence-corrected chi connectivity index (χ2v) is 6.35. The highest BCUT2D eigenvalue weighted by Crippen LogP contribution is 2.18. The van der Waals surface area contributed by atoms with E-state index >= 15 is 0 Å². The van der Waals surface area contributed by atoms with Crippen LogP contribution < -0.4 is 10.6 Å². The molecular weight excluding hydrogens is 415 g/mol. The molecule has 0 aromatic carbocycles. The molecular formula is C17H33IN6. The summed E-state index contributed by atoms with van der Waals surface area (Å²) in [6, 6.07) is 1.96. The Hall–Kier alpha value is -0.830. The molecule has 0 aliphatic carbocycles. The molecule has 2 rings (SSSR count). The molecule has 1 aromatic heterocycles. The van der Waals surface area contributed by atoms with Gasteiger partial charge in [-0.05, 0) is 64.7 Å². The van der Waals surface area contributed by atoms with Crippen molar-refractivity contribution in [2.75, 3.05) is 39.8 Å². The summed E-state index contributed by atoms with van der Waals surface area (Å²) in [4.78, 5) is 7.08. The van der Waals surface area contributed by atoms with Crippen LogP contribution in [0.4, 0.5) is 0 Å². The third-order valence-corrected chi connectivity index (χ3v) is 4.40. The van der Waals surface area contributed by atoms with Crippen LogP contribution in [0.1, 0.15) is 32.6 Å². The molecule has 0 unspecified atom stereocenters. The molecule has 24 heavy (non-hydrogen) atoms. The maximum absolute atomic E-state index is 4.65. The average Bonchev–Trinajstić information content (AvgIpc) is 3.07. The maximum atomic E-state index is 4.65. The second-order valence-electron chi connectivity index (χ2n) is 6.35. The fraction of sp³-hybridized carbons (Fsp3) is 0.765. The number of hydrogen-bond donors (Lipinski definition) is 2. The number of halogens is 1. The molecule has 1 fully saturated rings. The first kappa shape index (κ1) is 21.2. The summed E-state index contributed by atoms with van der Waals surface area (Å²) in [5.74, 6) is 1.81. The number of aryl methyl sites for hydroxylation is 1. The number of nitrogens with zero attached hydrogens (tertiary/aromatic N) is 4. The molecule has 0 atom stereocenters. The van der Waals surface area contributed by atoms with Gasteiger partial charge >= 0.3 is 0 Å². The summed E-state index contributed by atoms with van der Waals surface area (Å²) >= 11 is 0. The highest BCUT2D eigenvalue weighted by Gasteiger charge is 2.16. The molecule has 6 nitrogen and oxygen atoms in total. The van der Waals surface area contributed by atoms with Gasteiger partial charge in [-0.1, -0.05) is 0 Å². The van der Waals surface area contributed by atoms with Crippen molar-refractivity contribution in [3.8, 4) is 0 Å². The smallest absolute Gasteiger partial charge is 0.191 e. The summed E-state index contributed by atoms with van der Waals surface area (Å²) in [7, 11) is 2.22. The highest BCUT2D eigenvalue weighted by molar-refractivity contribution is 14.0. The number of guanidine groups is 1. The fourth-order valence-electron chi connectivity index (χ4n) is 2.94. The van der Waals surface area contributed by atoms with Crippen LogP contribution in [0.5, 0.6) is 0 Å². The van der Waals surface area contributed by atoms with Crippen molar-refractivity contribution in [3.63, 3.8) is 0 Å². The summed E-state index contributed by atoms with van der Waals surface area (Å²) in [6.45, 7) is 8.25. The largest absolute Gasteiger partial charge is 0.357 e. The van der Waals surface area contributed by atoms with Crippen molar-refractivity contribution in [1.29, 1.82) is 0 Å². The molecule has 2 heterocycles. The lowest BCUT2D eigenvalue weighted by Gasteiger charge is -2.29. The van der Waals surface area contributed by atoms with Gasteiger partial charge < -0.3 is 15.5 Å². The van der Waals surface area contributed by atoms with Crippen LogP contribution in [0.3, 0.4) is 0 Å². The fourth-order valence-corrected chi connectivity index (χ4v) is 2.94. The number of hydrogen-bond acceptors (Lipinski definition) is 3. The topological polar surface area (TPSA) is 57.5 Å². The van der Waals surface area contributed by atoms with E-state index < -0.39 is 0 Å². The van der Waals surface area contributed by atoms with Crippen LogP contribution in [0.25, 0.3) is 0 Å². The van der Waals surface area contributed by atoms with E-state index in [4.69, 9.17) is 0 Å².